The van der Waals surface area contributed by atoms with Gasteiger partial charge in [-0.15, -0.1) is 0 Å². The molecule has 0 heterocycles. The molecule has 146 valence electrons. The fourth-order valence-electron chi connectivity index (χ4n) is 3.16. The molecule has 0 amide bonds. The minimum Gasteiger partial charge on any atom is -0.410 e. The molecular formula is C24H33NO2. The van der Waals surface area contributed by atoms with E-state index < -0.39 is 0 Å². The Bertz CT molecular complexity index is 732. The molecule has 27 heavy (non-hydrogen) atoms. The summed E-state index contributed by atoms with van der Waals surface area (Å²) in [7, 11) is 1.79. The predicted octanol–water partition coefficient (Wildman–Crippen LogP) is 5.93. The van der Waals surface area contributed by atoms with Crippen molar-refractivity contribution >= 4 is 5.71 Å². The topological polar surface area (TPSA) is 41.8 Å². The molecule has 3 nitrogen and oxygen atoms in total. The van der Waals surface area contributed by atoms with Gasteiger partial charge in [0.25, 0.3) is 0 Å². The summed E-state index contributed by atoms with van der Waals surface area (Å²) in [6.45, 7) is 9.20. The van der Waals surface area contributed by atoms with Crippen molar-refractivity contribution in [3.63, 3.8) is 0 Å². The monoisotopic (exact) mass is 367 g/mol. The normalized spacial score (nSPS) is 14.8. The summed E-state index contributed by atoms with van der Waals surface area (Å²) in [5.41, 5.74) is 3.92. The standard InChI is InChI=1S/C24H33NO2/c1-18(24(2,3)4)14-15-22(27-5)17-19-10-9-13-21(16-19)23(25-26)20-11-7-6-8-12-20/h6-13,16,18,22,26H,14-15,17H2,1-5H3. The molecule has 0 fully saturated rings. The molecule has 0 spiro atoms. The van der Waals surface area contributed by atoms with Gasteiger partial charge in [0, 0.05) is 18.2 Å². The number of hydrogen-bond donors (Lipinski definition) is 1. The van der Waals surface area contributed by atoms with Crippen LogP contribution in [-0.4, -0.2) is 24.1 Å². The number of benzene rings is 2. The first-order valence-corrected chi connectivity index (χ1v) is 9.74. The van der Waals surface area contributed by atoms with Crippen molar-refractivity contribution in [1.82, 2.24) is 0 Å². The quantitative estimate of drug-likeness (QED) is 0.357. The lowest BCUT2D eigenvalue weighted by atomic mass is 9.79. The van der Waals surface area contributed by atoms with E-state index >= 15 is 0 Å². The molecule has 0 aromatic heterocycles. The van der Waals surface area contributed by atoms with Gasteiger partial charge in [-0.3, -0.25) is 0 Å². The van der Waals surface area contributed by atoms with Crippen LogP contribution in [0.4, 0.5) is 0 Å². The first kappa shape index (κ1) is 21.2. The zero-order valence-electron chi connectivity index (χ0n) is 17.3. The molecule has 0 saturated heterocycles. The largest absolute Gasteiger partial charge is 0.410 e. The Labute approximate surface area is 164 Å². The Kier molecular flexibility index (Phi) is 7.61. The van der Waals surface area contributed by atoms with Gasteiger partial charge in [0.1, 0.15) is 5.71 Å². The van der Waals surface area contributed by atoms with Crippen LogP contribution in [0.2, 0.25) is 0 Å². The summed E-state index contributed by atoms with van der Waals surface area (Å²) in [5, 5.41) is 13.1. The van der Waals surface area contributed by atoms with Crippen LogP contribution in [0.25, 0.3) is 0 Å². The van der Waals surface area contributed by atoms with Crippen molar-refractivity contribution in [1.29, 1.82) is 0 Å². The van der Waals surface area contributed by atoms with E-state index in [9.17, 15) is 5.21 Å². The van der Waals surface area contributed by atoms with Gasteiger partial charge in [0.2, 0.25) is 0 Å². The Morgan fingerprint density at radius 2 is 1.67 bits per heavy atom. The van der Waals surface area contributed by atoms with E-state index in [0.717, 1.165) is 30.4 Å². The summed E-state index contributed by atoms with van der Waals surface area (Å²) in [5.74, 6) is 0.646. The summed E-state index contributed by atoms with van der Waals surface area (Å²) in [6, 6.07) is 18.0. The average Bonchev–Trinajstić information content (AvgIpc) is 2.66. The lowest BCUT2D eigenvalue weighted by molar-refractivity contribution is 0.0827. The molecule has 0 aliphatic carbocycles. The Hall–Kier alpha value is -2.13. The van der Waals surface area contributed by atoms with Crippen molar-refractivity contribution in [3.8, 4) is 0 Å². The fraction of sp³-hybridized carbons (Fsp3) is 0.458. The molecule has 1 N–H and O–H groups in total. The second-order valence-corrected chi connectivity index (χ2v) is 8.42. The summed E-state index contributed by atoms with van der Waals surface area (Å²) < 4.78 is 5.75. The molecule has 0 aliphatic rings. The maximum atomic E-state index is 9.54. The maximum absolute atomic E-state index is 9.54. The third-order valence-electron chi connectivity index (χ3n) is 5.54. The number of nitrogens with zero attached hydrogens (tertiary/aromatic N) is 1. The van der Waals surface area contributed by atoms with Crippen molar-refractivity contribution in [2.45, 2.75) is 53.1 Å². The minimum atomic E-state index is 0.191. The third kappa shape index (κ3) is 6.21. The number of oxime groups is 1. The highest BCUT2D eigenvalue weighted by atomic mass is 16.5. The minimum absolute atomic E-state index is 0.191. The molecule has 2 aromatic rings. The van der Waals surface area contributed by atoms with Gasteiger partial charge in [-0.2, -0.15) is 0 Å². The number of hydrogen-bond acceptors (Lipinski definition) is 3. The van der Waals surface area contributed by atoms with E-state index in [1.807, 2.05) is 42.5 Å². The van der Waals surface area contributed by atoms with E-state index in [-0.39, 0.29) is 6.10 Å². The first-order chi connectivity index (χ1) is 12.8. The van der Waals surface area contributed by atoms with E-state index in [1.165, 1.54) is 5.56 Å². The smallest absolute Gasteiger partial charge is 0.117 e. The zero-order valence-corrected chi connectivity index (χ0v) is 17.3. The highest BCUT2D eigenvalue weighted by Crippen LogP contribution is 2.30. The van der Waals surface area contributed by atoms with Crippen molar-refractivity contribution in [2.24, 2.45) is 16.5 Å². The van der Waals surface area contributed by atoms with E-state index in [0.29, 0.717) is 17.0 Å². The average molecular weight is 368 g/mol. The van der Waals surface area contributed by atoms with E-state index in [2.05, 4.69) is 45.0 Å². The number of rotatable bonds is 8. The van der Waals surface area contributed by atoms with Gasteiger partial charge in [-0.25, -0.2) is 0 Å². The molecule has 2 unspecified atom stereocenters. The van der Waals surface area contributed by atoms with Gasteiger partial charge in [0.05, 0.1) is 6.10 Å². The van der Waals surface area contributed by atoms with Crippen LogP contribution in [-0.2, 0) is 11.2 Å². The number of methoxy groups -OCH3 is 1. The Morgan fingerprint density at radius 3 is 2.26 bits per heavy atom. The van der Waals surface area contributed by atoms with Gasteiger partial charge >= 0.3 is 0 Å². The molecule has 2 atom stereocenters. The van der Waals surface area contributed by atoms with Crippen LogP contribution in [0.3, 0.4) is 0 Å². The Morgan fingerprint density at radius 1 is 1.00 bits per heavy atom. The molecular weight excluding hydrogens is 334 g/mol. The van der Waals surface area contributed by atoms with Gasteiger partial charge < -0.3 is 9.94 Å². The van der Waals surface area contributed by atoms with Crippen LogP contribution >= 0.6 is 0 Å². The third-order valence-corrected chi connectivity index (χ3v) is 5.54. The van der Waals surface area contributed by atoms with E-state index in [1.54, 1.807) is 7.11 Å². The summed E-state index contributed by atoms with van der Waals surface area (Å²) in [6.07, 6.45) is 3.24. The number of ether oxygens (including phenoxy) is 1. The predicted molar refractivity (Wildman–Crippen MR) is 113 cm³/mol. The van der Waals surface area contributed by atoms with Crippen LogP contribution in [0, 0.1) is 11.3 Å². The lowest BCUT2D eigenvalue weighted by Crippen LogP contribution is -2.21. The van der Waals surface area contributed by atoms with Crippen molar-refractivity contribution in [3.05, 3.63) is 71.3 Å². The zero-order chi connectivity index (χ0) is 19.9. The molecule has 2 rings (SSSR count). The van der Waals surface area contributed by atoms with Gasteiger partial charge in [-0.05, 0) is 42.2 Å². The maximum Gasteiger partial charge on any atom is 0.117 e. The molecule has 0 bridgehead atoms. The Balaban J connectivity index is 2.10. The van der Waals surface area contributed by atoms with Gasteiger partial charge in [-0.1, -0.05) is 81.4 Å². The van der Waals surface area contributed by atoms with Crippen LogP contribution in [0.1, 0.15) is 57.2 Å². The SMILES string of the molecule is COC(CCC(C)C(C)(C)C)Cc1cccc(C(=NO)c2ccccc2)c1. The lowest BCUT2D eigenvalue weighted by Gasteiger charge is -2.28. The van der Waals surface area contributed by atoms with Crippen LogP contribution in [0.5, 0.6) is 0 Å². The van der Waals surface area contributed by atoms with Crippen molar-refractivity contribution < 1.29 is 9.94 Å². The van der Waals surface area contributed by atoms with E-state index in [4.69, 9.17) is 4.74 Å². The molecule has 2 aromatic carbocycles. The first-order valence-electron chi connectivity index (χ1n) is 9.74. The molecule has 3 heteroatoms. The molecule has 0 aliphatic heterocycles. The van der Waals surface area contributed by atoms with Crippen LogP contribution < -0.4 is 0 Å². The second-order valence-electron chi connectivity index (χ2n) is 8.42. The van der Waals surface area contributed by atoms with Gasteiger partial charge in [0.15, 0.2) is 0 Å². The second kappa shape index (κ2) is 9.70. The highest BCUT2D eigenvalue weighted by molar-refractivity contribution is 6.12. The molecule has 0 radical (unpaired) electrons. The van der Waals surface area contributed by atoms with Crippen LogP contribution in [0.15, 0.2) is 59.8 Å². The fourth-order valence-corrected chi connectivity index (χ4v) is 3.16. The van der Waals surface area contributed by atoms with Crippen molar-refractivity contribution in [2.75, 3.05) is 7.11 Å². The molecule has 0 saturated carbocycles. The summed E-state index contributed by atoms with van der Waals surface area (Å²) >= 11 is 0. The highest BCUT2D eigenvalue weighted by Gasteiger charge is 2.21. The summed E-state index contributed by atoms with van der Waals surface area (Å²) in [4.78, 5) is 0.